The lowest BCUT2D eigenvalue weighted by Gasteiger charge is -2.46. The van der Waals surface area contributed by atoms with Crippen molar-refractivity contribution in [2.45, 2.75) is 192 Å². The Hall–Kier alpha value is -2.51. The summed E-state index contributed by atoms with van der Waals surface area (Å²) in [5.74, 6) is -1.15. The molecular weight excluding hydrogens is 673 g/mol. The molecule has 5 nitrogen and oxygen atoms in total. The Balaban J connectivity index is 1.76. The van der Waals surface area contributed by atoms with E-state index in [1.54, 1.807) is 6.08 Å². The first-order valence-electron chi connectivity index (χ1n) is 21.0. The minimum Gasteiger partial charge on any atom is -0.459 e. The molecule has 3 rings (SSSR count). The van der Waals surface area contributed by atoms with Crippen LogP contribution < -0.4 is 10.4 Å². The van der Waals surface area contributed by atoms with Gasteiger partial charge in [0.2, 0.25) is 0 Å². The van der Waals surface area contributed by atoms with Crippen LogP contribution >= 0.6 is 0 Å². The normalized spacial score (nSPS) is 18.6. The molecule has 1 saturated heterocycles. The van der Waals surface area contributed by atoms with Crippen molar-refractivity contribution in [3.8, 4) is 0 Å². The second kappa shape index (κ2) is 23.4. The molecular formula is C47H74O5Si. The van der Waals surface area contributed by atoms with E-state index in [4.69, 9.17) is 18.6 Å². The van der Waals surface area contributed by atoms with Gasteiger partial charge in [-0.15, -0.1) is 6.58 Å². The minimum absolute atomic E-state index is 0.00969. The van der Waals surface area contributed by atoms with E-state index in [2.05, 4.69) is 102 Å². The van der Waals surface area contributed by atoms with Crippen molar-refractivity contribution in [3.63, 3.8) is 0 Å². The maximum atomic E-state index is 12.1. The zero-order valence-electron chi connectivity index (χ0n) is 34.4. The quantitative estimate of drug-likeness (QED) is 0.0315. The number of rotatable bonds is 26. The first-order chi connectivity index (χ1) is 25.4. The molecule has 1 aliphatic heterocycles. The van der Waals surface area contributed by atoms with Crippen molar-refractivity contribution in [2.24, 2.45) is 0 Å². The lowest BCUT2D eigenvalue weighted by Crippen LogP contribution is -2.67. The molecule has 6 heteroatoms. The molecule has 0 spiro atoms. The second-order valence-electron chi connectivity index (χ2n) is 16.8. The third kappa shape index (κ3) is 15.3. The van der Waals surface area contributed by atoms with Crippen LogP contribution in [-0.2, 0) is 23.4 Å². The summed E-state index contributed by atoms with van der Waals surface area (Å²) < 4.78 is 26.4. The first kappa shape index (κ1) is 44.9. The molecule has 0 amide bonds. The van der Waals surface area contributed by atoms with Crippen molar-refractivity contribution < 1.29 is 23.4 Å². The number of esters is 1. The van der Waals surface area contributed by atoms with Gasteiger partial charge >= 0.3 is 5.97 Å². The number of hydrogen-bond donors (Lipinski definition) is 0. The molecule has 0 aromatic heterocycles. The highest BCUT2D eigenvalue weighted by atomic mass is 28.4. The van der Waals surface area contributed by atoms with E-state index in [1.807, 2.05) is 13.8 Å². The van der Waals surface area contributed by atoms with E-state index >= 15 is 0 Å². The maximum absolute atomic E-state index is 12.1. The molecule has 2 aromatic rings. The van der Waals surface area contributed by atoms with E-state index in [1.165, 1.54) is 93.5 Å². The highest BCUT2D eigenvalue weighted by Gasteiger charge is 2.51. The number of carbonyl (C=O) groups excluding carboxylic acids is 1. The molecule has 296 valence electrons. The Morgan fingerprint density at radius 3 is 1.79 bits per heavy atom. The molecule has 53 heavy (non-hydrogen) atoms. The van der Waals surface area contributed by atoms with Crippen LogP contribution in [0.4, 0.5) is 0 Å². The number of unbranched alkanes of at least 4 members (excludes halogenated alkanes) is 11. The summed E-state index contributed by atoms with van der Waals surface area (Å²) >= 11 is 0. The topological polar surface area (TPSA) is 54.0 Å². The summed E-state index contributed by atoms with van der Waals surface area (Å²) in [7, 11) is -2.73. The summed E-state index contributed by atoms with van der Waals surface area (Å²) in [5.41, 5.74) is 0. The van der Waals surface area contributed by atoms with E-state index in [0.29, 0.717) is 12.8 Å². The standard InChI is InChI=1S/C47H74O5Si/c1-9-12-13-14-15-16-17-18-19-20-21-24-30-39(52-53(46(4,5)6,43-31-25-22-26-32-43)44-33-27-23-28-34-44)35-36-41-38-42(51-47(7,8)50-41)37-40(29-10-2)49-45(48)11-3/h10-11,22-23,25-28,31-34,39-42H,2-3,9,12-21,24,29-30,35-38H2,1,4-8H3/t39-,40+,41-,42+/m0/s1. The highest BCUT2D eigenvalue weighted by Crippen LogP contribution is 2.39. The van der Waals surface area contributed by atoms with E-state index in [-0.39, 0.29) is 29.5 Å². The fraction of sp³-hybridized carbons (Fsp3) is 0.638. The zero-order valence-corrected chi connectivity index (χ0v) is 35.4. The summed E-state index contributed by atoms with van der Waals surface area (Å²) in [6, 6.07) is 22.0. The predicted octanol–water partition coefficient (Wildman–Crippen LogP) is 11.8. The molecule has 0 bridgehead atoms. The molecule has 2 aromatic carbocycles. The van der Waals surface area contributed by atoms with Crippen LogP contribution in [0.2, 0.25) is 5.04 Å². The minimum atomic E-state index is -2.73. The molecule has 0 unspecified atom stereocenters. The average Bonchev–Trinajstić information content (AvgIpc) is 3.12. The van der Waals surface area contributed by atoms with Gasteiger partial charge in [-0.3, -0.25) is 0 Å². The summed E-state index contributed by atoms with van der Waals surface area (Å²) in [4.78, 5) is 12.1. The van der Waals surface area contributed by atoms with Gasteiger partial charge in [0.1, 0.15) is 6.10 Å². The molecule has 1 heterocycles. The van der Waals surface area contributed by atoms with Crippen LogP contribution in [0.5, 0.6) is 0 Å². The van der Waals surface area contributed by atoms with Gasteiger partial charge in [-0.25, -0.2) is 4.79 Å². The second-order valence-corrected chi connectivity index (χ2v) is 21.0. The molecule has 0 aliphatic carbocycles. The van der Waals surface area contributed by atoms with Crippen molar-refractivity contribution in [1.82, 2.24) is 0 Å². The fourth-order valence-electron chi connectivity index (χ4n) is 8.21. The van der Waals surface area contributed by atoms with Crippen LogP contribution in [-0.4, -0.2) is 44.5 Å². The smallest absolute Gasteiger partial charge is 0.330 e. The van der Waals surface area contributed by atoms with Crippen molar-refractivity contribution in [3.05, 3.63) is 86.0 Å². The highest BCUT2D eigenvalue weighted by molar-refractivity contribution is 6.99. The van der Waals surface area contributed by atoms with Gasteiger partial charge in [-0.2, -0.15) is 0 Å². The molecule has 1 fully saturated rings. The molecule has 0 radical (unpaired) electrons. The third-order valence-corrected chi connectivity index (χ3v) is 15.9. The number of benzene rings is 2. The summed E-state index contributed by atoms with van der Waals surface area (Å²) in [5, 5.41) is 2.56. The van der Waals surface area contributed by atoms with Crippen LogP contribution in [0.25, 0.3) is 0 Å². The van der Waals surface area contributed by atoms with E-state index in [0.717, 1.165) is 25.7 Å². The van der Waals surface area contributed by atoms with Crippen LogP contribution in [0.15, 0.2) is 86.0 Å². The van der Waals surface area contributed by atoms with Gasteiger partial charge in [0.15, 0.2) is 5.79 Å². The lowest BCUT2D eigenvalue weighted by molar-refractivity contribution is -0.303. The molecule has 0 N–H and O–H groups in total. The van der Waals surface area contributed by atoms with Gasteiger partial charge in [0.05, 0.1) is 12.2 Å². The number of hydrogen-bond acceptors (Lipinski definition) is 5. The first-order valence-corrected chi connectivity index (χ1v) is 22.9. The molecule has 0 saturated carbocycles. The van der Waals surface area contributed by atoms with Crippen molar-refractivity contribution >= 4 is 24.7 Å². The van der Waals surface area contributed by atoms with E-state index < -0.39 is 20.1 Å². The van der Waals surface area contributed by atoms with Gasteiger partial charge < -0.3 is 18.6 Å². The summed E-state index contributed by atoms with van der Waals surface area (Å²) in [6.07, 6.45) is 23.5. The largest absolute Gasteiger partial charge is 0.459 e. The van der Waals surface area contributed by atoms with Crippen LogP contribution in [0, 0.1) is 0 Å². The molecule has 1 aliphatic rings. The average molecular weight is 747 g/mol. The Bertz CT molecular complexity index is 1260. The Labute approximate surface area is 325 Å². The van der Waals surface area contributed by atoms with Crippen LogP contribution in [0.1, 0.15) is 157 Å². The Kier molecular flexibility index (Phi) is 19.8. The monoisotopic (exact) mass is 747 g/mol. The number of carbonyl (C=O) groups is 1. The van der Waals surface area contributed by atoms with Crippen LogP contribution in [0.3, 0.4) is 0 Å². The van der Waals surface area contributed by atoms with E-state index in [9.17, 15) is 4.79 Å². The lowest BCUT2D eigenvalue weighted by atomic mass is 9.96. The van der Waals surface area contributed by atoms with Gasteiger partial charge in [-0.1, -0.05) is 178 Å². The van der Waals surface area contributed by atoms with Gasteiger partial charge in [-0.05, 0) is 48.5 Å². The number of ether oxygens (including phenoxy) is 3. The SMILES string of the molecule is C=CC[C@H](C[C@@H]1C[C@H](CC[C@H](CCCCCCCCCCCCCC)O[Si](c2ccccc2)(c2ccccc2)C(C)(C)C)OC(C)(C)O1)OC(=O)C=C. The zero-order chi connectivity index (χ0) is 38.6. The van der Waals surface area contributed by atoms with Gasteiger partial charge in [0.25, 0.3) is 8.32 Å². The maximum Gasteiger partial charge on any atom is 0.330 e. The predicted molar refractivity (Wildman–Crippen MR) is 225 cm³/mol. The Morgan fingerprint density at radius 2 is 1.30 bits per heavy atom. The molecule has 4 atom stereocenters. The van der Waals surface area contributed by atoms with Crippen molar-refractivity contribution in [1.29, 1.82) is 0 Å². The Morgan fingerprint density at radius 1 is 0.792 bits per heavy atom. The van der Waals surface area contributed by atoms with Gasteiger partial charge in [0, 0.05) is 31.4 Å². The summed E-state index contributed by atoms with van der Waals surface area (Å²) in [6.45, 7) is 20.8. The third-order valence-electron chi connectivity index (χ3n) is 10.8. The van der Waals surface area contributed by atoms with Crippen molar-refractivity contribution in [2.75, 3.05) is 0 Å². The fourth-order valence-corrected chi connectivity index (χ4v) is 13.0.